The molecule has 0 spiro atoms. The summed E-state index contributed by atoms with van der Waals surface area (Å²) < 4.78 is 5.24. The average Bonchev–Trinajstić information content (AvgIpc) is 3.13. The number of hydrogen-bond acceptors (Lipinski definition) is 5. The lowest BCUT2D eigenvalue weighted by molar-refractivity contribution is 0.0943. The second-order valence-corrected chi connectivity index (χ2v) is 6.04. The third-order valence-corrected chi connectivity index (χ3v) is 3.95. The minimum absolute atomic E-state index is 0.256. The van der Waals surface area contributed by atoms with E-state index in [0.717, 1.165) is 16.9 Å². The Morgan fingerprint density at radius 1 is 1.15 bits per heavy atom. The second-order valence-electron chi connectivity index (χ2n) is 6.04. The van der Waals surface area contributed by atoms with E-state index < -0.39 is 0 Å². The Balaban J connectivity index is 1.85. The highest BCUT2D eigenvalue weighted by Crippen LogP contribution is 2.23. The molecule has 1 N–H and O–H groups in total. The van der Waals surface area contributed by atoms with Crippen LogP contribution in [-0.4, -0.2) is 22.4 Å². The van der Waals surface area contributed by atoms with Gasteiger partial charge in [-0.3, -0.25) is 4.79 Å². The van der Waals surface area contributed by atoms with Crippen molar-refractivity contribution in [2.75, 3.05) is 11.4 Å². The van der Waals surface area contributed by atoms with Crippen molar-refractivity contribution < 1.29 is 9.21 Å². The molecule has 0 fully saturated rings. The summed E-state index contributed by atoms with van der Waals surface area (Å²) in [6, 6.07) is 13.4. The monoisotopic (exact) mass is 350 g/mol. The van der Waals surface area contributed by atoms with Gasteiger partial charge in [-0.05, 0) is 56.7 Å². The van der Waals surface area contributed by atoms with Crippen LogP contribution in [0.3, 0.4) is 0 Å². The number of amides is 1. The van der Waals surface area contributed by atoms with Crippen molar-refractivity contribution in [1.82, 2.24) is 15.3 Å². The van der Waals surface area contributed by atoms with E-state index in [4.69, 9.17) is 4.42 Å². The Morgan fingerprint density at radius 2 is 2.00 bits per heavy atom. The van der Waals surface area contributed by atoms with Crippen molar-refractivity contribution in [3.8, 4) is 0 Å². The first-order valence-electron chi connectivity index (χ1n) is 8.57. The Hall–Kier alpha value is -3.15. The molecular formula is C20H22N4O2. The van der Waals surface area contributed by atoms with Gasteiger partial charge in [-0.2, -0.15) is 0 Å². The van der Waals surface area contributed by atoms with E-state index in [-0.39, 0.29) is 5.91 Å². The van der Waals surface area contributed by atoms with E-state index >= 15 is 0 Å². The molecule has 2 aromatic heterocycles. The van der Waals surface area contributed by atoms with Crippen molar-refractivity contribution in [2.45, 2.75) is 27.3 Å². The fourth-order valence-electron chi connectivity index (χ4n) is 2.70. The van der Waals surface area contributed by atoms with Crippen LogP contribution < -0.4 is 10.2 Å². The first-order valence-corrected chi connectivity index (χ1v) is 8.57. The number of aryl methyl sites for hydroxylation is 2. The molecule has 0 aliphatic heterocycles. The normalized spacial score (nSPS) is 10.6. The average molecular weight is 350 g/mol. The predicted molar refractivity (Wildman–Crippen MR) is 101 cm³/mol. The molecule has 26 heavy (non-hydrogen) atoms. The van der Waals surface area contributed by atoms with Crippen LogP contribution in [0.2, 0.25) is 0 Å². The molecule has 6 heteroatoms. The van der Waals surface area contributed by atoms with Crippen molar-refractivity contribution in [2.24, 2.45) is 0 Å². The standard InChI is InChI=1S/C20H22N4O2/c1-4-24(16-8-5-7-14(2)11-16)20-22-15(3)12-18(23-20)19(25)21-13-17-9-6-10-26-17/h5-12H,4,13H2,1-3H3,(H,21,25). The third-order valence-electron chi connectivity index (χ3n) is 3.95. The SMILES string of the molecule is CCN(c1cccc(C)c1)c1nc(C)cc(C(=O)NCc2ccco2)n1. The molecule has 0 atom stereocenters. The fourth-order valence-corrected chi connectivity index (χ4v) is 2.70. The quantitative estimate of drug-likeness (QED) is 0.733. The summed E-state index contributed by atoms with van der Waals surface area (Å²) in [5.74, 6) is 0.953. The van der Waals surface area contributed by atoms with Gasteiger partial charge in [0.05, 0.1) is 12.8 Å². The Bertz CT molecular complexity index is 891. The second kappa shape index (κ2) is 7.82. The van der Waals surface area contributed by atoms with Crippen molar-refractivity contribution in [3.05, 3.63) is 71.4 Å². The van der Waals surface area contributed by atoms with E-state index in [1.54, 1.807) is 18.4 Å². The number of anilines is 2. The molecule has 3 aromatic rings. The van der Waals surface area contributed by atoms with Crippen LogP contribution in [-0.2, 0) is 6.54 Å². The van der Waals surface area contributed by atoms with Gasteiger partial charge < -0.3 is 14.6 Å². The maximum Gasteiger partial charge on any atom is 0.270 e. The van der Waals surface area contributed by atoms with Crippen LogP contribution in [0.15, 0.2) is 53.1 Å². The number of carbonyl (C=O) groups excluding carboxylic acids is 1. The van der Waals surface area contributed by atoms with Crippen LogP contribution >= 0.6 is 0 Å². The van der Waals surface area contributed by atoms with Crippen LogP contribution in [0.1, 0.15) is 34.4 Å². The molecule has 0 radical (unpaired) electrons. The zero-order valence-electron chi connectivity index (χ0n) is 15.2. The molecule has 0 unspecified atom stereocenters. The van der Waals surface area contributed by atoms with E-state index in [1.165, 1.54) is 0 Å². The first kappa shape index (κ1) is 17.7. The number of nitrogens with zero attached hydrogens (tertiary/aromatic N) is 3. The van der Waals surface area contributed by atoms with Gasteiger partial charge in [0.1, 0.15) is 11.5 Å². The van der Waals surface area contributed by atoms with Gasteiger partial charge in [0, 0.05) is 17.9 Å². The van der Waals surface area contributed by atoms with Gasteiger partial charge >= 0.3 is 0 Å². The maximum absolute atomic E-state index is 12.5. The molecule has 0 aliphatic carbocycles. The molecule has 1 amide bonds. The van der Waals surface area contributed by atoms with Crippen molar-refractivity contribution >= 4 is 17.5 Å². The van der Waals surface area contributed by atoms with Crippen LogP contribution in [0.5, 0.6) is 0 Å². The highest BCUT2D eigenvalue weighted by Gasteiger charge is 2.16. The van der Waals surface area contributed by atoms with Gasteiger partial charge in [-0.1, -0.05) is 12.1 Å². The van der Waals surface area contributed by atoms with Gasteiger partial charge in [-0.15, -0.1) is 0 Å². The minimum Gasteiger partial charge on any atom is -0.467 e. The van der Waals surface area contributed by atoms with Crippen LogP contribution in [0.25, 0.3) is 0 Å². The summed E-state index contributed by atoms with van der Waals surface area (Å²) in [4.78, 5) is 23.5. The van der Waals surface area contributed by atoms with Crippen molar-refractivity contribution in [3.63, 3.8) is 0 Å². The Kier molecular flexibility index (Phi) is 5.31. The molecule has 1 aromatic carbocycles. The molecule has 0 saturated heterocycles. The maximum atomic E-state index is 12.5. The lowest BCUT2D eigenvalue weighted by Crippen LogP contribution is -2.26. The molecule has 0 aliphatic rings. The lowest BCUT2D eigenvalue weighted by Gasteiger charge is -2.22. The third kappa shape index (κ3) is 4.08. The summed E-state index contributed by atoms with van der Waals surface area (Å²) in [6.07, 6.45) is 1.58. The summed E-state index contributed by atoms with van der Waals surface area (Å²) in [5, 5.41) is 2.82. The topological polar surface area (TPSA) is 71.3 Å². The fraction of sp³-hybridized carbons (Fsp3) is 0.250. The van der Waals surface area contributed by atoms with Gasteiger partial charge in [0.15, 0.2) is 0 Å². The Morgan fingerprint density at radius 3 is 2.69 bits per heavy atom. The summed E-state index contributed by atoms with van der Waals surface area (Å²) in [5.41, 5.74) is 3.24. The van der Waals surface area contributed by atoms with Gasteiger partial charge in [0.2, 0.25) is 5.95 Å². The lowest BCUT2D eigenvalue weighted by atomic mass is 10.2. The highest BCUT2D eigenvalue weighted by molar-refractivity contribution is 5.92. The van der Waals surface area contributed by atoms with Crippen LogP contribution in [0, 0.1) is 13.8 Å². The highest BCUT2D eigenvalue weighted by atomic mass is 16.3. The molecule has 2 heterocycles. The van der Waals surface area contributed by atoms with Gasteiger partial charge in [-0.25, -0.2) is 9.97 Å². The number of carbonyl (C=O) groups is 1. The minimum atomic E-state index is -0.256. The van der Waals surface area contributed by atoms with Crippen LogP contribution in [0.4, 0.5) is 11.6 Å². The molecule has 3 rings (SSSR count). The molecular weight excluding hydrogens is 328 g/mol. The molecule has 134 valence electrons. The predicted octanol–water partition coefficient (Wildman–Crippen LogP) is 3.77. The number of rotatable bonds is 6. The first-order chi connectivity index (χ1) is 12.6. The van der Waals surface area contributed by atoms with E-state index in [0.29, 0.717) is 30.5 Å². The molecule has 0 saturated carbocycles. The number of aromatic nitrogens is 2. The summed E-state index contributed by atoms with van der Waals surface area (Å²) in [6.45, 7) is 6.95. The van der Waals surface area contributed by atoms with Crippen molar-refractivity contribution in [1.29, 1.82) is 0 Å². The van der Waals surface area contributed by atoms with E-state index in [2.05, 4.69) is 21.4 Å². The number of hydrogen-bond donors (Lipinski definition) is 1. The number of furan rings is 1. The number of nitrogens with one attached hydrogen (secondary N) is 1. The Labute approximate surface area is 152 Å². The molecule has 0 bridgehead atoms. The summed E-state index contributed by atoms with van der Waals surface area (Å²) >= 11 is 0. The zero-order valence-corrected chi connectivity index (χ0v) is 15.2. The zero-order chi connectivity index (χ0) is 18.5. The van der Waals surface area contributed by atoms with Gasteiger partial charge in [0.25, 0.3) is 5.91 Å². The largest absolute Gasteiger partial charge is 0.467 e. The van der Waals surface area contributed by atoms with E-state index in [1.807, 2.05) is 49.9 Å². The smallest absolute Gasteiger partial charge is 0.270 e. The van der Waals surface area contributed by atoms with E-state index in [9.17, 15) is 4.79 Å². The number of benzene rings is 1. The summed E-state index contributed by atoms with van der Waals surface area (Å²) in [7, 11) is 0. The molecule has 6 nitrogen and oxygen atoms in total.